The summed E-state index contributed by atoms with van der Waals surface area (Å²) in [5, 5.41) is 3.24. The van der Waals surface area contributed by atoms with Gasteiger partial charge < -0.3 is 11.1 Å². The molecule has 2 nitrogen and oxygen atoms in total. The molecule has 1 aromatic heterocycles. The van der Waals surface area contributed by atoms with Gasteiger partial charge in [-0.05, 0) is 41.1 Å². The Balaban J connectivity index is 2.21. The zero-order chi connectivity index (χ0) is 13.3. The Bertz CT molecular complexity index is 573. The average molecular weight is 350 g/mol. The molecule has 0 aliphatic heterocycles. The van der Waals surface area contributed by atoms with Crippen LogP contribution in [0.25, 0.3) is 0 Å². The van der Waals surface area contributed by atoms with Crippen LogP contribution < -0.4 is 11.1 Å². The summed E-state index contributed by atoms with van der Waals surface area (Å²) in [5.41, 5.74) is 6.85. The standard InChI is InChI=1S/C12H11BrClFN2S/c1-6(11-2-3-12(14)18-11)17-10-4-7(13)8(15)5-9(10)16/h2-6,17H,16H2,1H3. The monoisotopic (exact) mass is 348 g/mol. The van der Waals surface area contributed by atoms with E-state index in [1.807, 2.05) is 19.1 Å². The predicted molar refractivity (Wildman–Crippen MR) is 79.9 cm³/mol. The van der Waals surface area contributed by atoms with Gasteiger partial charge in [0.25, 0.3) is 0 Å². The van der Waals surface area contributed by atoms with Crippen molar-refractivity contribution in [2.75, 3.05) is 11.1 Å². The number of thiophene rings is 1. The molecule has 3 N–H and O–H groups in total. The summed E-state index contributed by atoms with van der Waals surface area (Å²) in [5.74, 6) is -0.370. The Morgan fingerprint density at radius 1 is 1.44 bits per heavy atom. The second-order valence-electron chi connectivity index (χ2n) is 3.86. The third kappa shape index (κ3) is 2.96. The molecule has 2 rings (SSSR count). The van der Waals surface area contributed by atoms with Crippen LogP contribution in [-0.4, -0.2) is 0 Å². The number of hydrogen-bond acceptors (Lipinski definition) is 3. The molecule has 0 aliphatic rings. The second-order valence-corrected chi connectivity index (χ2v) is 6.46. The summed E-state index contributed by atoms with van der Waals surface area (Å²) < 4.78 is 14.4. The minimum Gasteiger partial charge on any atom is -0.397 e. The van der Waals surface area contributed by atoms with E-state index in [1.165, 1.54) is 17.4 Å². The summed E-state index contributed by atoms with van der Waals surface area (Å²) in [6.07, 6.45) is 0. The molecule has 1 atom stereocenters. The fraction of sp³-hybridized carbons (Fsp3) is 0.167. The van der Waals surface area contributed by atoms with Gasteiger partial charge in [0, 0.05) is 10.9 Å². The second kappa shape index (κ2) is 5.47. The Kier molecular flexibility index (Phi) is 4.14. The number of nitrogen functional groups attached to an aromatic ring is 1. The first-order valence-corrected chi connectivity index (χ1v) is 7.22. The van der Waals surface area contributed by atoms with E-state index in [-0.39, 0.29) is 11.9 Å². The van der Waals surface area contributed by atoms with Crippen LogP contribution in [0.2, 0.25) is 4.34 Å². The van der Waals surface area contributed by atoms with Crippen LogP contribution in [0.15, 0.2) is 28.7 Å². The van der Waals surface area contributed by atoms with Crippen molar-refractivity contribution >= 4 is 50.2 Å². The minimum absolute atomic E-state index is 0.0576. The van der Waals surface area contributed by atoms with Gasteiger partial charge in [0.2, 0.25) is 0 Å². The number of nitrogens with one attached hydrogen (secondary N) is 1. The largest absolute Gasteiger partial charge is 0.397 e. The van der Waals surface area contributed by atoms with Gasteiger partial charge in [0.1, 0.15) is 5.82 Å². The van der Waals surface area contributed by atoms with E-state index >= 15 is 0 Å². The van der Waals surface area contributed by atoms with Crippen LogP contribution in [-0.2, 0) is 0 Å². The molecule has 1 unspecified atom stereocenters. The molecule has 0 radical (unpaired) electrons. The normalized spacial score (nSPS) is 12.4. The van der Waals surface area contributed by atoms with Gasteiger partial charge >= 0.3 is 0 Å². The molecule has 2 aromatic rings. The van der Waals surface area contributed by atoms with Crippen molar-refractivity contribution in [3.63, 3.8) is 0 Å². The lowest BCUT2D eigenvalue weighted by atomic mass is 10.2. The molecular formula is C12H11BrClFN2S. The van der Waals surface area contributed by atoms with Crippen molar-refractivity contribution in [3.8, 4) is 0 Å². The van der Waals surface area contributed by atoms with E-state index in [4.69, 9.17) is 17.3 Å². The zero-order valence-corrected chi connectivity index (χ0v) is 12.7. The van der Waals surface area contributed by atoms with Crippen LogP contribution in [0.3, 0.4) is 0 Å². The summed E-state index contributed by atoms with van der Waals surface area (Å²) in [6, 6.07) is 6.79. The van der Waals surface area contributed by atoms with Gasteiger partial charge in [-0.1, -0.05) is 11.6 Å². The Hall–Kier alpha value is -0.780. The van der Waals surface area contributed by atoms with Crippen LogP contribution >= 0.6 is 38.9 Å². The highest BCUT2D eigenvalue weighted by Gasteiger charge is 2.11. The van der Waals surface area contributed by atoms with E-state index in [9.17, 15) is 4.39 Å². The maximum Gasteiger partial charge on any atom is 0.139 e. The van der Waals surface area contributed by atoms with E-state index in [0.29, 0.717) is 15.8 Å². The van der Waals surface area contributed by atoms with Gasteiger partial charge in [-0.25, -0.2) is 4.39 Å². The van der Waals surface area contributed by atoms with Gasteiger partial charge in [-0.3, -0.25) is 0 Å². The highest BCUT2D eigenvalue weighted by atomic mass is 79.9. The maximum absolute atomic E-state index is 13.3. The van der Waals surface area contributed by atoms with E-state index in [2.05, 4.69) is 21.2 Å². The first-order chi connectivity index (χ1) is 8.47. The quantitative estimate of drug-likeness (QED) is 0.760. The maximum atomic E-state index is 13.3. The predicted octanol–water partition coefficient (Wildman–Crippen LogP) is 5.06. The summed E-state index contributed by atoms with van der Waals surface area (Å²) in [6.45, 7) is 2.00. The van der Waals surface area contributed by atoms with Gasteiger partial charge in [0.15, 0.2) is 0 Å². The molecular weight excluding hydrogens is 339 g/mol. The lowest BCUT2D eigenvalue weighted by molar-refractivity contribution is 0.622. The highest BCUT2D eigenvalue weighted by Crippen LogP contribution is 2.32. The molecule has 0 fully saturated rings. The van der Waals surface area contributed by atoms with Gasteiger partial charge in [-0.2, -0.15) is 0 Å². The minimum atomic E-state index is -0.370. The molecule has 6 heteroatoms. The Morgan fingerprint density at radius 3 is 2.78 bits per heavy atom. The number of rotatable bonds is 3. The number of benzene rings is 1. The van der Waals surface area contributed by atoms with Gasteiger partial charge in [0.05, 0.1) is 26.2 Å². The summed E-state index contributed by atoms with van der Waals surface area (Å²) >= 11 is 10.5. The fourth-order valence-corrected chi connectivity index (χ4v) is 2.96. The number of anilines is 2. The number of halogens is 3. The molecule has 0 aliphatic carbocycles. The molecule has 0 saturated heterocycles. The van der Waals surface area contributed by atoms with Crippen molar-refractivity contribution < 1.29 is 4.39 Å². The SMILES string of the molecule is CC(Nc1cc(Br)c(F)cc1N)c1ccc(Cl)s1. The third-order valence-corrected chi connectivity index (χ3v) is 4.51. The molecule has 96 valence electrons. The molecule has 18 heavy (non-hydrogen) atoms. The Labute approximate surface area is 122 Å². The van der Waals surface area contributed by atoms with Crippen LogP contribution in [0.5, 0.6) is 0 Å². The van der Waals surface area contributed by atoms with Gasteiger partial charge in [-0.15, -0.1) is 11.3 Å². The zero-order valence-electron chi connectivity index (χ0n) is 9.51. The van der Waals surface area contributed by atoms with Crippen LogP contribution in [0.4, 0.5) is 15.8 Å². The van der Waals surface area contributed by atoms with Crippen molar-refractivity contribution in [1.82, 2.24) is 0 Å². The lowest BCUT2D eigenvalue weighted by Gasteiger charge is -2.16. The molecule has 1 heterocycles. The Morgan fingerprint density at radius 2 is 2.17 bits per heavy atom. The van der Waals surface area contributed by atoms with E-state index < -0.39 is 0 Å². The smallest absolute Gasteiger partial charge is 0.139 e. The molecule has 0 bridgehead atoms. The molecule has 0 amide bonds. The van der Waals surface area contributed by atoms with Crippen molar-refractivity contribution in [1.29, 1.82) is 0 Å². The average Bonchev–Trinajstić information content (AvgIpc) is 2.73. The lowest BCUT2D eigenvalue weighted by Crippen LogP contribution is -2.07. The van der Waals surface area contributed by atoms with E-state index in [0.717, 1.165) is 9.21 Å². The molecule has 0 saturated carbocycles. The van der Waals surface area contributed by atoms with Crippen molar-refractivity contribution in [3.05, 3.63) is 43.8 Å². The first kappa shape index (κ1) is 13.6. The van der Waals surface area contributed by atoms with Crippen LogP contribution in [0.1, 0.15) is 17.8 Å². The highest BCUT2D eigenvalue weighted by molar-refractivity contribution is 9.10. The third-order valence-electron chi connectivity index (χ3n) is 2.49. The first-order valence-electron chi connectivity index (χ1n) is 5.23. The summed E-state index contributed by atoms with van der Waals surface area (Å²) in [4.78, 5) is 1.10. The molecule has 1 aromatic carbocycles. The topological polar surface area (TPSA) is 38.0 Å². The fourth-order valence-electron chi connectivity index (χ4n) is 1.55. The van der Waals surface area contributed by atoms with Crippen molar-refractivity contribution in [2.45, 2.75) is 13.0 Å². The summed E-state index contributed by atoms with van der Waals surface area (Å²) in [7, 11) is 0. The van der Waals surface area contributed by atoms with E-state index in [1.54, 1.807) is 6.07 Å². The number of hydrogen-bond donors (Lipinski definition) is 2. The molecule has 0 spiro atoms. The van der Waals surface area contributed by atoms with Crippen LogP contribution in [0, 0.1) is 5.82 Å². The number of nitrogens with two attached hydrogens (primary N) is 1. The van der Waals surface area contributed by atoms with Crippen molar-refractivity contribution in [2.24, 2.45) is 0 Å².